The molecule has 1 aliphatic carbocycles. The Hall–Kier alpha value is -2.08. The van der Waals surface area contributed by atoms with Crippen LogP contribution in [0, 0.1) is 15.5 Å². The number of para-hydroxylation sites is 1. The van der Waals surface area contributed by atoms with Crippen LogP contribution in [0.1, 0.15) is 35.6 Å². The number of nitro benzene ring substituents is 1. The summed E-state index contributed by atoms with van der Waals surface area (Å²) in [4.78, 5) is 28.1. The van der Waals surface area contributed by atoms with E-state index in [-0.39, 0.29) is 16.9 Å². The standard InChI is InChI=1S/C15H14N2O3S/c1-15(2)7-10-13(12(18)8-15)21-14(16-10)9-5-3-4-6-11(9)17(19)20/h3-6H,7-8H2,1-2H3. The van der Waals surface area contributed by atoms with E-state index < -0.39 is 4.92 Å². The van der Waals surface area contributed by atoms with Crippen LogP contribution in [0.5, 0.6) is 0 Å². The molecule has 0 fully saturated rings. The number of fused-ring (bicyclic) bond motifs is 1. The molecule has 2 aromatic rings. The first-order valence-corrected chi connectivity index (χ1v) is 7.46. The molecule has 0 amide bonds. The van der Waals surface area contributed by atoms with Crippen LogP contribution in [-0.2, 0) is 6.42 Å². The van der Waals surface area contributed by atoms with Crippen LogP contribution < -0.4 is 0 Å². The molecule has 3 rings (SSSR count). The van der Waals surface area contributed by atoms with Crippen molar-refractivity contribution in [2.24, 2.45) is 5.41 Å². The topological polar surface area (TPSA) is 73.1 Å². The average Bonchev–Trinajstić information content (AvgIpc) is 2.81. The molecule has 5 nitrogen and oxygen atoms in total. The molecular formula is C15H14N2O3S. The van der Waals surface area contributed by atoms with Gasteiger partial charge in [-0.15, -0.1) is 11.3 Å². The highest BCUT2D eigenvalue weighted by atomic mass is 32.1. The molecule has 0 saturated heterocycles. The number of aromatic nitrogens is 1. The van der Waals surface area contributed by atoms with Gasteiger partial charge in [0.2, 0.25) is 0 Å². The monoisotopic (exact) mass is 302 g/mol. The van der Waals surface area contributed by atoms with Crippen molar-refractivity contribution in [2.75, 3.05) is 0 Å². The summed E-state index contributed by atoms with van der Waals surface area (Å²) in [6.45, 7) is 4.08. The van der Waals surface area contributed by atoms with E-state index in [0.717, 1.165) is 12.1 Å². The van der Waals surface area contributed by atoms with Gasteiger partial charge >= 0.3 is 0 Å². The van der Waals surface area contributed by atoms with Crippen molar-refractivity contribution in [3.63, 3.8) is 0 Å². The van der Waals surface area contributed by atoms with Crippen LogP contribution in [0.15, 0.2) is 24.3 Å². The Kier molecular flexibility index (Phi) is 3.13. The molecule has 0 unspecified atom stereocenters. The van der Waals surface area contributed by atoms with Gasteiger partial charge in [0.15, 0.2) is 5.78 Å². The van der Waals surface area contributed by atoms with Crippen molar-refractivity contribution in [1.82, 2.24) is 4.98 Å². The zero-order valence-corrected chi connectivity index (χ0v) is 12.6. The van der Waals surface area contributed by atoms with Crippen LogP contribution in [0.4, 0.5) is 5.69 Å². The van der Waals surface area contributed by atoms with Gasteiger partial charge in [-0.1, -0.05) is 26.0 Å². The van der Waals surface area contributed by atoms with Crippen molar-refractivity contribution >= 4 is 22.8 Å². The highest BCUT2D eigenvalue weighted by molar-refractivity contribution is 7.17. The predicted octanol–water partition coefficient (Wildman–Crippen LogP) is 3.87. The number of carbonyl (C=O) groups is 1. The van der Waals surface area contributed by atoms with Gasteiger partial charge in [0.1, 0.15) is 5.01 Å². The fourth-order valence-electron chi connectivity index (χ4n) is 2.65. The molecule has 0 bridgehead atoms. The lowest BCUT2D eigenvalue weighted by molar-refractivity contribution is -0.384. The Bertz CT molecular complexity index is 749. The Labute approximate surface area is 125 Å². The number of ketones is 1. The van der Waals surface area contributed by atoms with E-state index in [0.29, 0.717) is 21.9 Å². The predicted molar refractivity (Wildman–Crippen MR) is 80.6 cm³/mol. The van der Waals surface area contributed by atoms with Gasteiger partial charge in [-0.25, -0.2) is 4.98 Å². The summed E-state index contributed by atoms with van der Waals surface area (Å²) < 4.78 is 0. The number of benzene rings is 1. The van der Waals surface area contributed by atoms with Crippen LogP contribution in [0.3, 0.4) is 0 Å². The van der Waals surface area contributed by atoms with E-state index in [9.17, 15) is 14.9 Å². The Morgan fingerprint density at radius 2 is 2.00 bits per heavy atom. The van der Waals surface area contributed by atoms with Gasteiger partial charge in [-0.05, 0) is 17.9 Å². The van der Waals surface area contributed by atoms with Crippen LogP contribution >= 0.6 is 11.3 Å². The Morgan fingerprint density at radius 1 is 1.29 bits per heavy atom. The summed E-state index contributed by atoms with van der Waals surface area (Å²) >= 11 is 1.26. The lowest BCUT2D eigenvalue weighted by Gasteiger charge is -2.26. The number of nitro groups is 1. The first-order valence-electron chi connectivity index (χ1n) is 6.64. The summed E-state index contributed by atoms with van der Waals surface area (Å²) in [5.41, 5.74) is 1.18. The van der Waals surface area contributed by atoms with Gasteiger partial charge < -0.3 is 0 Å². The average molecular weight is 302 g/mol. The van der Waals surface area contributed by atoms with Crippen molar-refractivity contribution in [3.05, 3.63) is 45.0 Å². The molecule has 108 valence electrons. The number of hydrogen-bond acceptors (Lipinski definition) is 5. The minimum absolute atomic E-state index is 0.0234. The minimum Gasteiger partial charge on any atom is -0.293 e. The zero-order valence-electron chi connectivity index (χ0n) is 11.8. The smallest absolute Gasteiger partial charge is 0.279 e. The van der Waals surface area contributed by atoms with Crippen LogP contribution in [0.25, 0.3) is 10.6 Å². The SMILES string of the molecule is CC1(C)CC(=O)c2sc(-c3ccccc3[N+](=O)[O-])nc2C1. The fraction of sp³-hybridized carbons (Fsp3) is 0.333. The van der Waals surface area contributed by atoms with Crippen molar-refractivity contribution in [3.8, 4) is 10.6 Å². The van der Waals surface area contributed by atoms with E-state index in [2.05, 4.69) is 4.98 Å². The second-order valence-corrected chi connectivity index (χ2v) is 7.01. The third kappa shape index (κ3) is 2.47. The maximum atomic E-state index is 12.2. The summed E-state index contributed by atoms with van der Waals surface area (Å²) in [6, 6.07) is 6.51. The maximum absolute atomic E-state index is 12.2. The third-order valence-electron chi connectivity index (χ3n) is 3.57. The molecule has 6 heteroatoms. The van der Waals surface area contributed by atoms with Gasteiger partial charge in [-0.3, -0.25) is 14.9 Å². The number of rotatable bonds is 2. The second-order valence-electron chi connectivity index (χ2n) is 6.01. The van der Waals surface area contributed by atoms with E-state index in [4.69, 9.17) is 0 Å². The number of thiazole rings is 1. The number of Topliss-reactive ketones (excluding diaryl/α,β-unsaturated/α-hetero) is 1. The minimum atomic E-state index is -0.415. The van der Waals surface area contributed by atoms with Crippen LogP contribution in [-0.4, -0.2) is 15.7 Å². The zero-order chi connectivity index (χ0) is 15.2. The summed E-state index contributed by atoms with van der Waals surface area (Å²) in [7, 11) is 0. The molecule has 0 N–H and O–H groups in total. The molecule has 0 saturated carbocycles. The molecule has 1 aliphatic rings. The second kappa shape index (κ2) is 4.73. The van der Waals surface area contributed by atoms with E-state index in [1.165, 1.54) is 17.4 Å². The number of nitrogens with zero attached hydrogens (tertiary/aromatic N) is 2. The Morgan fingerprint density at radius 3 is 2.71 bits per heavy atom. The van der Waals surface area contributed by atoms with E-state index in [1.807, 2.05) is 13.8 Å². The third-order valence-corrected chi connectivity index (χ3v) is 4.74. The fourth-order valence-corrected chi connectivity index (χ4v) is 3.70. The molecule has 1 aromatic heterocycles. The summed E-state index contributed by atoms with van der Waals surface area (Å²) in [5, 5.41) is 11.7. The van der Waals surface area contributed by atoms with Crippen molar-refractivity contribution < 1.29 is 9.72 Å². The quantitative estimate of drug-likeness (QED) is 0.623. The highest BCUT2D eigenvalue weighted by Crippen LogP contribution is 2.41. The van der Waals surface area contributed by atoms with Gasteiger partial charge in [0.25, 0.3) is 5.69 Å². The maximum Gasteiger partial charge on any atom is 0.279 e. The molecule has 21 heavy (non-hydrogen) atoms. The molecule has 0 spiro atoms. The number of hydrogen-bond donors (Lipinski definition) is 0. The molecule has 0 radical (unpaired) electrons. The molecule has 1 heterocycles. The largest absolute Gasteiger partial charge is 0.293 e. The van der Waals surface area contributed by atoms with E-state index in [1.54, 1.807) is 18.2 Å². The summed E-state index contributed by atoms with van der Waals surface area (Å²) in [6.07, 6.45) is 1.23. The van der Waals surface area contributed by atoms with Gasteiger partial charge in [0, 0.05) is 12.5 Å². The first kappa shape index (κ1) is 13.9. The van der Waals surface area contributed by atoms with Gasteiger partial charge in [-0.2, -0.15) is 0 Å². The molecule has 1 aromatic carbocycles. The normalized spacial score (nSPS) is 16.6. The lowest BCUT2D eigenvalue weighted by atomic mass is 9.78. The highest BCUT2D eigenvalue weighted by Gasteiger charge is 2.34. The van der Waals surface area contributed by atoms with Gasteiger partial charge in [0.05, 0.1) is 21.1 Å². The van der Waals surface area contributed by atoms with Crippen molar-refractivity contribution in [2.45, 2.75) is 26.7 Å². The van der Waals surface area contributed by atoms with E-state index >= 15 is 0 Å². The molecule has 0 aliphatic heterocycles. The first-order chi connectivity index (χ1) is 9.87. The number of carbonyl (C=O) groups excluding carboxylic acids is 1. The lowest BCUT2D eigenvalue weighted by Crippen LogP contribution is -2.25. The molecule has 0 atom stereocenters. The van der Waals surface area contributed by atoms with Crippen molar-refractivity contribution in [1.29, 1.82) is 0 Å². The summed E-state index contributed by atoms with van der Waals surface area (Å²) in [5.74, 6) is 0.0867. The molecular weight excluding hydrogens is 288 g/mol. The van der Waals surface area contributed by atoms with Crippen LogP contribution in [0.2, 0.25) is 0 Å². The Balaban J connectivity index is 2.11.